The van der Waals surface area contributed by atoms with Gasteiger partial charge in [0.1, 0.15) is 0 Å². The van der Waals surface area contributed by atoms with Crippen molar-refractivity contribution in [3.05, 3.63) is 29.8 Å². The van der Waals surface area contributed by atoms with Crippen LogP contribution in [0.3, 0.4) is 0 Å². The van der Waals surface area contributed by atoms with E-state index < -0.39 is 0 Å². The highest BCUT2D eigenvalue weighted by molar-refractivity contribution is 5.95. The number of aliphatic hydroxyl groups is 1. The van der Waals surface area contributed by atoms with Gasteiger partial charge in [0.25, 0.3) is 5.91 Å². The summed E-state index contributed by atoms with van der Waals surface area (Å²) < 4.78 is 0. The first-order valence-electron chi connectivity index (χ1n) is 7.44. The molecule has 0 unspecified atom stereocenters. The molecule has 0 saturated heterocycles. The van der Waals surface area contributed by atoms with Crippen LogP contribution in [0.15, 0.2) is 24.3 Å². The van der Waals surface area contributed by atoms with Crippen molar-refractivity contribution < 1.29 is 9.90 Å². The van der Waals surface area contributed by atoms with Gasteiger partial charge in [0.05, 0.1) is 6.61 Å². The van der Waals surface area contributed by atoms with Crippen molar-refractivity contribution in [2.75, 3.05) is 18.5 Å². The molecule has 4 heteroatoms. The fourth-order valence-corrected chi connectivity index (χ4v) is 2.66. The Bertz CT molecular complexity index is 440. The van der Waals surface area contributed by atoms with Crippen LogP contribution in [0.5, 0.6) is 0 Å². The predicted molar refractivity (Wildman–Crippen MR) is 80.9 cm³/mol. The molecular weight excluding hydrogens is 252 g/mol. The maximum absolute atomic E-state index is 11.8. The third kappa shape index (κ3) is 4.23. The molecule has 1 aliphatic carbocycles. The van der Waals surface area contributed by atoms with Gasteiger partial charge in [-0.1, -0.05) is 13.0 Å². The summed E-state index contributed by atoms with van der Waals surface area (Å²) in [7, 11) is 0. The fourth-order valence-electron chi connectivity index (χ4n) is 2.66. The van der Waals surface area contributed by atoms with E-state index in [1.165, 1.54) is 25.7 Å². The van der Waals surface area contributed by atoms with Crippen LogP contribution < -0.4 is 10.6 Å². The van der Waals surface area contributed by atoms with Crippen LogP contribution in [0.1, 0.15) is 43.0 Å². The number of carbonyl (C=O) groups excluding carboxylic acids is 1. The Hall–Kier alpha value is -1.55. The first-order valence-corrected chi connectivity index (χ1v) is 7.44. The molecule has 1 saturated carbocycles. The van der Waals surface area contributed by atoms with E-state index in [2.05, 4.69) is 17.6 Å². The van der Waals surface area contributed by atoms with E-state index in [1.54, 1.807) is 6.07 Å². The maximum atomic E-state index is 11.8. The van der Waals surface area contributed by atoms with Gasteiger partial charge in [-0.2, -0.15) is 0 Å². The number of nitrogens with one attached hydrogen (secondary N) is 2. The van der Waals surface area contributed by atoms with Crippen molar-refractivity contribution in [1.82, 2.24) is 5.32 Å². The van der Waals surface area contributed by atoms with Gasteiger partial charge in [-0.15, -0.1) is 0 Å². The Morgan fingerprint density at radius 2 is 2.05 bits per heavy atom. The number of hydrogen-bond donors (Lipinski definition) is 3. The lowest BCUT2D eigenvalue weighted by Crippen LogP contribution is -2.27. The molecule has 1 aromatic rings. The summed E-state index contributed by atoms with van der Waals surface area (Å²) in [6, 6.07) is 8.08. The van der Waals surface area contributed by atoms with E-state index in [0.29, 0.717) is 11.6 Å². The monoisotopic (exact) mass is 276 g/mol. The molecule has 0 aromatic heterocycles. The lowest BCUT2D eigenvalue weighted by Gasteiger charge is -2.27. The molecule has 4 nitrogen and oxygen atoms in total. The van der Waals surface area contributed by atoms with Crippen LogP contribution in [-0.4, -0.2) is 30.2 Å². The molecule has 1 aromatic carbocycles. The Morgan fingerprint density at radius 3 is 2.75 bits per heavy atom. The highest BCUT2D eigenvalue weighted by atomic mass is 16.3. The molecular formula is C16H24N2O2. The van der Waals surface area contributed by atoms with Crippen LogP contribution in [0.25, 0.3) is 0 Å². The number of rotatable bonds is 5. The largest absolute Gasteiger partial charge is 0.395 e. The second kappa shape index (κ2) is 7.29. The van der Waals surface area contributed by atoms with E-state index in [-0.39, 0.29) is 19.1 Å². The molecule has 1 fully saturated rings. The number of hydrogen-bond acceptors (Lipinski definition) is 3. The number of amides is 1. The van der Waals surface area contributed by atoms with Crippen LogP contribution >= 0.6 is 0 Å². The normalized spacial score (nSPS) is 22.3. The second-order valence-electron chi connectivity index (χ2n) is 5.66. The first kappa shape index (κ1) is 14.9. The summed E-state index contributed by atoms with van der Waals surface area (Å²) in [5, 5.41) is 14.9. The van der Waals surface area contributed by atoms with Gasteiger partial charge >= 0.3 is 0 Å². The van der Waals surface area contributed by atoms with Crippen LogP contribution in [0.4, 0.5) is 5.69 Å². The van der Waals surface area contributed by atoms with Crippen molar-refractivity contribution in [3.8, 4) is 0 Å². The molecule has 3 N–H and O–H groups in total. The average Bonchev–Trinajstić information content (AvgIpc) is 2.47. The van der Waals surface area contributed by atoms with Crippen molar-refractivity contribution in [2.24, 2.45) is 5.92 Å². The minimum absolute atomic E-state index is 0.0378. The highest BCUT2D eigenvalue weighted by Gasteiger charge is 2.18. The number of benzene rings is 1. The van der Waals surface area contributed by atoms with Gasteiger partial charge in [-0.3, -0.25) is 4.79 Å². The number of carbonyl (C=O) groups is 1. The molecule has 110 valence electrons. The Morgan fingerprint density at radius 1 is 1.30 bits per heavy atom. The SMILES string of the molecule is CC1CCC(Nc2cccc(C(=O)NCCO)c2)CC1. The third-order valence-electron chi connectivity index (χ3n) is 3.91. The van der Waals surface area contributed by atoms with Gasteiger partial charge in [0, 0.05) is 23.8 Å². The summed E-state index contributed by atoms with van der Waals surface area (Å²) in [4.78, 5) is 11.8. The summed E-state index contributed by atoms with van der Waals surface area (Å²) in [6.45, 7) is 2.56. The van der Waals surface area contributed by atoms with E-state index in [4.69, 9.17) is 5.11 Å². The lowest BCUT2D eigenvalue weighted by molar-refractivity contribution is 0.0945. The average molecular weight is 276 g/mol. The Balaban J connectivity index is 1.93. The summed E-state index contributed by atoms with van der Waals surface area (Å²) in [6.07, 6.45) is 4.94. The molecule has 0 spiro atoms. The molecule has 0 aliphatic heterocycles. The van der Waals surface area contributed by atoms with Gasteiger partial charge < -0.3 is 15.7 Å². The molecule has 2 rings (SSSR count). The van der Waals surface area contributed by atoms with E-state index in [0.717, 1.165) is 11.6 Å². The van der Waals surface area contributed by atoms with Crippen LogP contribution in [0.2, 0.25) is 0 Å². The first-order chi connectivity index (χ1) is 9.69. The zero-order valence-corrected chi connectivity index (χ0v) is 12.1. The van der Waals surface area contributed by atoms with Crippen molar-refractivity contribution in [3.63, 3.8) is 0 Å². The van der Waals surface area contributed by atoms with Gasteiger partial charge in [-0.25, -0.2) is 0 Å². The quantitative estimate of drug-likeness (QED) is 0.774. The molecule has 20 heavy (non-hydrogen) atoms. The summed E-state index contributed by atoms with van der Waals surface area (Å²) >= 11 is 0. The maximum Gasteiger partial charge on any atom is 0.251 e. The Kier molecular flexibility index (Phi) is 5.41. The predicted octanol–water partition coefficient (Wildman–Crippen LogP) is 2.40. The number of anilines is 1. The molecule has 1 aliphatic rings. The van der Waals surface area contributed by atoms with Crippen molar-refractivity contribution in [1.29, 1.82) is 0 Å². The topological polar surface area (TPSA) is 61.4 Å². The summed E-state index contributed by atoms with van der Waals surface area (Å²) in [5.74, 6) is 0.698. The third-order valence-corrected chi connectivity index (χ3v) is 3.91. The number of aliphatic hydroxyl groups excluding tert-OH is 1. The van der Waals surface area contributed by atoms with E-state index in [1.807, 2.05) is 18.2 Å². The standard InChI is InChI=1S/C16H24N2O2/c1-12-5-7-14(8-6-12)18-15-4-2-3-13(11-15)16(20)17-9-10-19/h2-4,11-12,14,18-19H,5-10H2,1H3,(H,17,20). The van der Waals surface area contributed by atoms with Crippen LogP contribution in [0, 0.1) is 5.92 Å². The van der Waals surface area contributed by atoms with Crippen molar-refractivity contribution >= 4 is 11.6 Å². The molecule has 0 atom stereocenters. The zero-order chi connectivity index (χ0) is 14.4. The van der Waals surface area contributed by atoms with Crippen molar-refractivity contribution in [2.45, 2.75) is 38.6 Å². The minimum Gasteiger partial charge on any atom is -0.395 e. The van der Waals surface area contributed by atoms with Gasteiger partial charge in [0.15, 0.2) is 0 Å². The Labute approximate surface area is 120 Å². The highest BCUT2D eigenvalue weighted by Crippen LogP contribution is 2.26. The smallest absolute Gasteiger partial charge is 0.251 e. The van der Waals surface area contributed by atoms with Gasteiger partial charge in [0.2, 0.25) is 0 Å². The lowest BCUT2D eigenvalue weighted by atomic mass is 9.87. The molecule has 0 radical (unpaired) electrons. The van der Waals surface area contributed by atoms with Gasteiger partial charge in [-0.05, 0) is 49.8 Å². The van der Waals surface area contributed by atoms with Crippen LogP contribution in [-0.2, 0) is 0 Å². The second-order valence-corrected chi connectivity index (χ2v) is 5.66. The molecule has 0 heterocycles. The zero-order valence-electron chi connectivity index (χ0n) is 12.1. The molecule has 0 bridgehead atoms. The van der Waals surface area contributed by atoms with E-state index >= 15 is 0 Å². The fraction of sp³-hybridized carbons (Fsp3) is 0.562. The minimum atomic E-state index is -0.139. The van der Waals surface area contributed by atoms with E-state index in [9.17, 15) is 4.79 Å². The summed E-state index contributed by atoms with van der Waals surface area (Å²) in [5.41, 5.74) is 1.63. The molecule has 1 amide bonds.